The van der Waals surface area contributed by atoms with Crippen molar-refractivity contribution in [1.82, 2.24) is 15.0 Å². The Morgan fingerprint density at radius 2 is 2.00 bits per heavy atom. The van der Waals surface area contributed by atoms with Crippen LogP contribution in [-0.2, 0) is 19.5 Å². The summed E-state index contributed by atoms with van der Waals surface area (Å²) in [7, 11) is 0. The molecule has 0 unspecified atom stereocenters. The highest BCUT2D eigenvalue weighted by molar-refractivity contribution is 5.14. The van der Waals surface area contributed by atoms with E-state index in [-0.39, 0.29) is 0 Å². The molecule has 0 amide bonds. The van der Waals surface area contributed by atoms with Gasteiger partial charge in [-0.2, -0.15) is 4.98 Å². The smallest absolute Gasteiger partial charge is 0.240 e. The highest BCUT2D eigenvalue weighted by Crippen LogP contribution is 2.10. The Morgan fingerprint density at radius 1 is 1.19 bits per heavy atom. The molecule has 0 fully saturated rings. The largest absolute Gasteiger partial charge is 0.338 e. The van der Waals surface area contributed by atoms with Crippen LogP contribution in [0.5, 0.6) is 0 Å². The maximum Gasteiger partial charge on any atom is 0.240 e. The van der Waals surface area contributed by atoms with Crippen molar-refractivity contribution in [1.29, 1.82) is 0 Å². The molecular formula is C16H24N4O. The Hall–Kier alpha value is -1.72. The van der Waals surface area contributed by atoms with Crippen molar-refractivity contribution in [2.45, 2.75) is 39.3 Å². The van der Waals surface area contributed by atoms with Crippen LogP contribution < -0.4 is 5.73 Å². The molecule has 114 valence electrons. The molecule has 21 heavy (non-hydrogen) atoms. The Morgan fingerprint density at radius 3 is 2.71 bits per heavy atom. The standard InChI is InChI=1S/C16H24N4O/c1-2-7-15-18-16(21-19-15)13-20(11-6-10-17)12-14-8-4-3-5-9-14/h3-5,8-9H,2,6-7,10-13,17H2,1H3. The van der Waals surface area contributed by atoms with E-state index in [2.05, 4.69) is 46.2 Å². The van der Waals surface area contributed by atoms with Crippen LogP contribution in [0.1, 0.15) is 37.0 Å². The van der Waals surface area contributed by atoms with Crippen molar-refractivity contribution < 1.29 is 4.52 Å². The third kappa shape index (κ3) is 5.28. The number of nitrogens with two attached hydrogens (primary N) is 1. The van der Waals surface area contributed by atoms with Crippen molar-refractivity contribution in [2.75, 3.05) is 13.1 Å². The molecule has 0 aliphatic carbocycles. The monoisotopic (exact) mass is 288 g/mol. The highest BCUT2D eigenvalue weighted by atomic mass is 16.5. The van der Waals surface area contributed by atoms with Gasteiger partial charge in [0.1, 0.15) is 0 Å². The first-order chi connectivity index (χ1) is 10.3. The minimum absolute atomic E-state index is 0.672. The fourth-order valence-corrected chi connectivity index (χ4v) is 2.24. The fourth-order valence-electron chi connectivity index (χ4n) is 2.24. The van der Waals surface area contributed by atoms with Gasteiger partial charge < -0.3 is 10.3 Å². The Labute approximate surface area is 126 Å². The lowest BCUT2D eigenvalue weighted by Crippen LogP contribution is -2.25. The average Bonchev–Trinajstić information content (AvgIpc) is 2.93. The molecule has 0 aliphatic heterocycles. The zero-order chi connectivity index (χ0) is 14.9. The molecule has 0 bridgehead atoms. The summed E-state index contributed by atoms with van der Waals surface area (Å²) in [6.45, 7) is 5.27. The summed E-state index contributed by atoms with van der Waals surface area (Å²) in [5, 5.41) is 4.01. The van der Waals surface area contributed by atoms with Gasteiger partial charge in [-0.3, -0.25) is 4.90 Å². The summed E-state index contributed by atoms with van der Waals surface area (Å²) < 4.78 is 5.33. The molecule has 1 heterocycles. The fraction of sp³-hybridized carbons (Fsp3) is 0.500. The van der Waals surface area contributed by atoms with Crippen LogP contribution >= 0.6 is 0 Å². The number of hydrogen-bond donors (Lipinski definition) is 1. The van der Waals surface area contributed by atoms with Gasteiger partial charge >= 0.3 is 0 Å². The molecule has 2 aromatic rings. The van der Waals surface area contributed by atoms with Crippen molar-refractivity contribution in [3.05, 3.63) is 47.6 Å². The molecule has 1 aromatic carbocycles. The molecule has 5 heteroatoms. The van der Waals surface area contributed by atoms with Gasteiger partial charge in [-0.05, 0) is 24.9 Å². The molecule has 0 spiro atoms. The first kappa shape index (κ1) is 15.7. The third-order valence-electron chi connectivity index (χ3n) is 3.27. The Bertz CT molecular complexity index is 512. The van der Waals surface area contributed by atoms with Crippen LogP contribution in [0.4, 0.5) is 0 Å². The second-order valence-electron chi connectivity index (χ2n) is 5.19. The van der Waals surface area contributed by atoms with Gasteiger partial charge in [0, 0.05) is 19.5 Å². The third-order valence-corrected chi connectivity index (χ3v) is 3.27. The van der Waals surface area contributed by atoms with E-state index in [9.17, 15) is 0 Å². The summed E-state index contributed by atoms with van der Waals surface area (Å²) in [4.78, 5) is 6.74. The van der Waals surface area contributed by atoms with Gasteiger partial charge in [0.2, 0.25) is 5.89 Å². The quantitative estimate of drug-likeness (QED) is 0.767. The van der Waals surface area contributed by atoms with Gasteiger partial charge in [0.25, 0.3) is 0 Å². The predicted molar refractivity (Wildman–Crippen MR) is 82.5 cm³/mol. The van der Waals surface area contributed by atoms with E-state index >= 15 is 0 Å². The van der Waals surface area contributed by atoms with Crippen molar-refractivity contribution in [3.63, 3.8) is 0 Å². The Kier molecular flexibility index (Phi) is 6.37. The van der Waals surface area contributed by atoms with Gasteiger partial charge in [-0.1, -0.05) is 42.4 Å². The van der Waals surface area contributed by atoms with E-state index in [0.29, 0.717) is 19.0 Å². The lowest BCUT2D eigenvalue weighted by molar-refractivity contribution is 0.217. The van der Waals surface area contributed by atoms with Crippen LogP contribution in [-0.4, -0.2) is 28.1 Å². The number of benzene rings is 1. The SMILES string of the molecule is CCCc1noc(CN(CCCN)Cc2ccccc2)n1. The molecule has 2 N–H and O–H groups in total. The van der Waals surface area contributed by atoms with Gasteiger partial charge in [0.15, 0.2) is 5.82 Å². The second-order valence-corrected chi connectivity index (χ2v) is 5.19. The average molecular weight is 288 g/mol. The number of nitrogens with zero attached hydrogens (tertiary/aromatic N) is 3. The highest BCUT2D eigenvalue weighted by Gasteiger charge is 2.12. The molecular weight excluding hydrogens is 264 g/mol. The zero-order valence-electron chi connectivity index (χ0n) is 12.7. The van der Waals surface area contributed by atoms with E-state index in [1.165, 1.54) is 5.56 Å². The van der Waals surface area contributed by atoms with Crippen molar-refractivity contribution >= 4 is 0 Å². The maximum atomic E-state index is 5.63. The van der Waals surface area contributed by atoms with E-state index in [4.69, 9.17) is 10.3 Å². The van der Waals surface area contributed by atoms with Crippen LogP contribution in [0, 0.1) is 0 Å². The first-order valence-corrected chi connectivity index (χ1v) is 7.59. The van der Waals surface area contributed by atoms with Gasteiger partial charge in [-0.15, -0.1) is 0 Å². The Balaban J connectivity index is 1.97. The molecule has 0 atom stereocenters. The normalized spacial score (nSPS) is 11.2. The van der Waals surface area contributed by atoms with Crippen LogP contribution in [0.15, 0.2) is 34.9 Å². The lowest BCUT2D eigenvalue weighted by atomic mass is 10.2. The lowest BCUT2D eigenvalue weighted by Gasteiger charge is -2.20. The molecule has 0 aliphatic rings. The van der Waals surface area contributed by atoms with Crippen LogP contribution in [0.25, 0.3) is 0 Å². The molecule has 2 rings (SSSR count). The van der Waals surface area contributed by atoms with Crippen molar-refractivity contribution in [2.24, 2.45) is 5.73 Å². The minimum Gasteiger partial charge on any atom is -0.338 e. The van der Waals surface area contributed by atoms with E-state index in [1.54, 1.807) is 0 Å². The molecule has 0 radical (unpaired) electrons. The zero-order valence-corrected chi connectivity index (χ0v) is 12.7. The molecule has 1 aromatic heterocycles. The number of hydrogen-bond acceptors (Lipinski definition) is 5. The van der Waals surface area contributed by atoms with Crippen LogP contribution in [0.3, 0.4) is 0 Å². The first-order valence-electron chi connectivity index (χ1n) is 7.59. The maximum absolute atomic E-state index is 5.63. The van der Waals surface area contributed by atoms with Crippen LogP contribution in [0.2, 0.25) is 0 Å². The van der Waals surface area contributed by atoms with Gasteiger partial charge in [-0.25, -0.2) is 0 Å². The van der Waals surface area contributed by atoms with E-state index < -0.39 is 0 Å². The molecule has 0 saturated carbocycles. The minimum atomic E-state index is 0.672. The van der Waals surface area contributed by atoms with E-state index in [1.807, 2.05) is 6.07 Å². The molecule has 5 nitrogen and oxygen atoms in total. The number of aromatic nitrogens is 2. The summed E-state index contributed by atoms with van der Waals surface area (Å²) in [5.41, 5.74) is 6.91. The topological polar surface area (TPSA) is 68.2 Å². The summed E-state index contributed by atoms with van der Waals surface area (Å²) in [6, 6.07) is 10.4. The number of aryl methyl sites for hydroxylation is 1. The van der Waals surface area contributed by atoms with Gasteiger partial charge in [0.05, 0.1) is 6.54 Å². The summed E-state index contributed by atoms with van der Waals surface area (Å²) in [6.07, 6.45) is 2.85. The summed E-state index contributed by atoms with van der Waals surface area (Å²) in [5.74, 6) is 1.48. The summed E-state index contributed by atoms with van der Waals surface area (Å²) >= 11 is 0. The van der Waals surface area contributed by atoms with E-state index in [0.717, 1.165) is 38.2 Å². The second kappa shape index (κ2) is 8.54. The predicted octanol–water partition coefficient (Wildman–Crippen LogP) is 2.37. The number of rotatable bonds is 9. The van der Waals surface area contributed by atoms with Crippen molar-refractivity contribution in [3.8, 4) is 0 Å². The molecule has 0 saturated heterocycles.